The van der Waals surface area contributed by atoms with Gasteiger partial charge in [0.1, 0.15) is 5.60 Å². The van der Waals surface area contributed by atoms with E-state index in [1.807, 2.05) is 20.8 Å². The van der Waals surface area contributed by atoms with E-state index in [1.165, 1.54) is 18.2 Å². The fraction of sp³-hybridized carbons (Fsp3) is 0.600. The largest absolute Gasteiger partial charge is 0.573 e. The lowest BCUT2D eigenvalue weighted by Gasteiger charge is -2.35. The van der Waals surface area contributed by atoms with Gasteiger partial charge in [0, 0.05) is 39.3 Å². The number of carbonyl (C=O) groups excluding carboxylic acids is 1. The summed E-state index contributed by atoms with van der Waals surface area (Å²) in [6.07, 6.45) is -4.38. The summed E-state index contributed by atoms with van der Waals surface area (Å²) in [5, 5.41) is 2.64. The van der Waals surface area contributed by atoms with Gasteiger partial charge < -0.3 is 25.4 Å². The predicted molar refractivity (Wildman–Crippen MR) is 112 cm³/mol. The van der Waals surface area contributed by atoms with Gasteiger partial charge in [-0.05, 0) is 39.3 Å². The van der Waals surface area contributed by atoms with E-state index in [4.69, 9.17) is 10.5 Å². The van der Waals surface area contributed by atoms with Gasteiger partial charge in [-0.2, -0.15) is 0 Å². The molecule has 8 nitrogen and oxygen atoms in total. The molecule has 174 valence electrons. The summed E-state index contributed by atoms with van der Waals surface area (Å²) >= 11 is 0. The second-order valence-corrected chi connectivity index (χ2v) is 8.10. The fourth-order valence-electron chi connectivity index (χ4n) is 2.94. The Morgan fingerprint density at radius 2 is 1.81 bits per heavy atom. The Kier molecular flexibility index (Phi) is 8.37. The first-order valence-electron chi connectivity index (χ1n) is 10.0. The second kappa shape index (κ2) is 10.6. The zero-order valence-electron chi connectivity index (χ0n) is 18.0. The number of anilines is 1. The molecule has 0 unspecified atom stereocenters. The number of benzene rings is 1. The van der Waals surface area contributed by atoms with E-state index in [0.29, 0.717) is 19.6 Å². The van der Waals surface area contributed by atoms with Crippen LogP contribution in [0.1, 0.15) is 27.2 Å². The molecule has 0 spiro atoms. The zero-order chi connectivity index (χ0) is 23.1. The molecule has 1 aliphatic heterocycles. The van der Waals surface area contributed by atoms with E-state index in [9.17, 15) is 18.0 Å². The molecule has 0 aromatic heterocycles. The molecule has 0 aliphatic carbocycles. The minimum absolute atomic E-state index is 0.00738. The van der Waals surface area contributed by atoms with Crippen molar-refractivity contribution in [2.75, 3.05) is 44.6 Å². The number of halogens is 3. The number of ether oxygens (including phenoxy) is 2. The number of hydrogen-bond donors (Lipinski definition) is 2. The van der Waals surface area contributed by atoms with Crippen LogP contribution in [0.4, 0.5) is 23.7 Å². The molecule has 1 aromatic rings. The third kappa shape index (κ3) is 9.33. The predicted octanol–water partition coefficient (Wildman–Crippen LogP) is 3.25. The van der Waals surface area contributed by atoms with Crippen molar-refractivity contribution in [1.82, 2.24) is 9.80 Å². The number of para-hydroxylation sites is 2. The summed E-state index contributed by atoms with van der Waals surface area (Å²) in [6.45, 7) is 9.35. The van der Waals surface area contributed by atoms with E-state index in [0.717, 1.165) is 26.1 Å². The van der Waals surface area contributed by atoms with Crippen LogP contribution in [-0.4, -0.2) is 73.1 Å². The third-order valence-corrected chi connectivity index (χ3v) is 4.31. The van der Waals surface area contributed by atoms with Gasteiger partial charge >= 0.3 is 12.5 Å². The van der Waals surface area contributed by atoms with Crippen LogP contribution in [-0.2, 0) is 4.74 Å². The normalized spacial score (nSPS) is 16.2. The molecule has 0 atom stereocenters. The van der Waals surface area contributed by atoms with Gasteiger partial charge in [-0.3, -0.25) is 9.89 Å². The molecule has 0 bridgehead atoms. The van der Waals surface area contributed by atoms with E-state index in [2.05, 4.69) is 19.9 Å². The monoisotopic (exact) mass is 445 g/mol. The number of alkyl halides is 3. The SMILES string of the molecule is CC(C)(C)OC(=O)N1CCN(CCCN=C(N)Nc2ccccc2OC(F)(F)F)CC1. The van der Waals surface area contributed by atoms with Gasteiger partial charge in [0.25, 0.3) is 0 Å². The third-order valence-electron chi connectivity index (χ3n) is 4.31. The Morgan fingerprint density at radius 1 is 1.16 bits per heavy atom. The number of piperazine rings is 1. The average Bonchev–Trinajstić information content (AvgIpc) is 2.65. The highest BCUT2D eigenvalue weighted by Gasteiger charge is 2.32. The van der Waals surface area contributed by atoms with Crippen molar-refractivity contribution in [3.8, 4) is 5.75 Å². The Bertz CT molecular complexity index is 757. The molecular weight excluding hydrogens is 415 g/mol. The number of hydrogen-bond acceptors (Lipinski definition) is 5. The van der Waals surface area contributed by atoms with Gasteiger partial charge in [0.05, 0.1) is 5.69 Å². The molecule has 2 rings (SSSR count). The highest BCUT2D eigenvalue weighted by Crippen LogP contribution is 2.29. The summed E-state index contributed by atoms with van der Waals surface area (Å²) < 4.78 is 46.8. The molecule has 0 saturated carbocycles. The number of carbonyl (C=O) groups is 1. The van der Waals surface area contributed by atoms with E-state index in [-0.39, 0.29) is 23.5 Å². The van der Waals surface area contributed by atoms with E-state index < -0.39 is 12.0 Å². The van der Waals surface area contributed by atoms with E-state index >= 15 is 0 Å². The van der Waals surface area contributed by atoms with Gasteiger partial charge in [-0.25, -0.2) is 4.79 Å². The molecular formula is C20H30F3N5O3. The first-order chi connectivity index (χ1) is 14.4. The summed E-state index contributed by atoms with van der Waals surface area (Å²) in [4.78, 5) is 20.2. The molecule has 1 fully saturated rings. The lowest BCUT2D eigenvalue weighted by Crippen LogP contribution is -2.50. The maximum Gasteiger partial charge on any atom is 0.573 e. The zero-order valence-corrected chi connectivity index (χ0v) is 18.0. The molecule has 0 radical (unpaired) electrons. The minimum atomic E-state index is -4.79. The van der Waals surface area contributed by atoms with Crippen molar-refractivity contribution in [2.24, 2.45) is 10.7 Å². The average molecular weight is 445 g/mol. The first kappa shape index (κ1) is 24.6. The van der Waals surface area contributed by atoms with Crippen LogP contribution >= 0.6 is 0 Å². The van der Waals surface area contributed by atoms with Crippen molar-refractivity contribution in [2.45, 2.75) is 39.2 Å². The van der Waals surface area contributed by atoms with Crippen LogP contribution in [0.25, 0.3) is 0 Å². The topological polar surface area (TPSA) is 92.4 Å². The molecule has 1 aliphatic rings. The fourth-order valence-corrected chi connectivity index (χ4v) is 2.94. The quantitative estimate of drug-likeness (QED) is 0.397. The van der Waals surface area contributed by atoms with Crippen LogP contribution in [0.5, 0.6) is 5.75 Å². The van der Waals surface area contributed by atoms with Gasteiger partial charge in [-0.15, -0.1) is 13.2 Å². The second-order valence-electron chi connectivity index (χ2n) is 8.10. The smallest absolute Gasteiger partial charge is 0.444 e. The maximum absolute atomic E-state index is 12.5. The first-order valence-corrected chi connectivity index (χ1v) is 10.0. The lowest BCUT2D eigenvalue weighted by molar-refractivity contribution is -0.274. The number of rotatable bonds is 6. The lowest BCUT2D eigenvalue weighted by atomic mass is 10.2. The van der Waals surface area contributed by atoms with Crippen LogP contribution < -0.4 is 15.8 Å². The molecule has 1 aromatic carbocycles. The van der Waals surface area contributed by atoms with E-state index in [1.54, 1.807) is 11.0 Å². The number of nitrogens with zero attached hydrogens (tertiary/aromatic N) is 3. The van der Waals surface area contributed by atoms with Crippen molar-refractivity contribution in [3.63, 3.8) is 0 Å². The standard InChI is InChI=1S/C20H30F3N5O3/c1-19(2,3)31-18(29)28-13-11-27(12-14-28)10-6-9-25-17(24)26-15-7-4-5-8-16(15)30-20(21,22)23/h4-5,7-8H,6,9-14H2,1-3H3,(H3,24,25,26). The molecule has 3 N–H and O–H groups in total. The van der Waals surface area contributed by atoms with Crippen LogP contribution in [0, 0.1) is 0 Å². The number of nitrogens with two attached hydrogens (primary N) is 1. The summed E-state index contributed by atoms with van der Waals surface area (Å²) in [5.41, 5.74) is 5.36. The van der Waals surface area contributed by atoms with Gasteiger partial charge in [0.2, 0.25) is 0 Å². The van der Waals surface area contributed by atoms with Crippen molar-refractivity contribution in [1.29, 1.82) is 0 Å². The maximum atomic E-state index is 12.5. The number of nitrogens with one attached hydrogen (secondary N) is 1. The Hall–Kier alpha value is -2.69. The molecule has 31 heavy (non-hydrogen) atoms. The Balaban J connectivity index is 1.73. The summed E-state index contributed by atoms with van der Waals surface area (Å²) in [7, 11) is 0. The number of aliphatic imine (C=N–C) groups is 1. The Morgan fingerprint density at radius 3 is 2.42 bits per heavy atom. The minimum Gasteiger partial charge on any atom is -0.444 e. The van der Waals surface area contributed by atoms with Crippen molar-refractivity contribution in [3.05, 3.63) is 24.3 Å². The highest BCUT2D eigenvalue weighted by atomic mass is 19.4. The van der Waals surface area contributed by atoms with Gasteiger partial charge in [0.15, 0.2) is 11.7 Å². The summed E-state index contributed by atoms with van der Waals surface area (Å²) in [6, 6.07) is 5.62. The van der Waals surface area contributed by atoms with Crippen LogP contribution in [0.3, 0.4) is 0 Å². The van der Waals surface area contributed by atoms with Crippen molar-refractivity contribution < 1.29 is 27.4 Å². The Labute approximate surface area is 180 Å². The molecule has 1 amide bonds. The molecule has 1 saturated heterocycles. The van der Waals surface area contributed by atoms with Gasteiger partial charge in [-0.1, -0.05) is 12.1 Å². The van der Waals surface area contributed by atoms with Crippen LogP contribution in [0.15, 0.2) is 29.3 Å². The highest BCUT2D eigenvalue weighted by molar-refractivity contribution is 5.93. The number of guanidine groups is 1. The summed E-state index contributed by atoms with van der Waals surface area (Å²) in [5.74, 6) is -0.371. The van der Waals surface area contributed by atoms with Crippen LogP contribution in [0.2, 0.25) is 0 Å². The number of amides is 1. The molecule has 11 heteroatoms. The van der Waals surface area contributed by atoms with Crippen molar-refractivity contribution >= 4 is 17.7 Å². The molecule has 1 heterocycles.